The summed E-state index contributed by atoms with van der Waals surface area (Å²) in [6.07, 6.45) is 0. The van der Waals surface area contributed by atoms with Gasteiger partial charge in [-0.2, -0.15) is 0 Å². The molecule has 0 bridgehead atoms. The number of piperazine rings is 1. The number of nitrogens with one attached hydrogen (secondary N) is 2. The molecule has 6 nitrogen and oxygen atoms in total. The number of amides is 2. The van der Waals surface area contributed by atoms with Gasteiger partial charge in [0.25, 0.3) is 0 Å². The van der Waals surface area contributed by atoms with Gasteiger partial charge in [-0.1, -0.05) is 17.7 Å². The average molecular weight is 407 g/mol. The highest BCUT2D eigenvalue weighted by Crippen LogP contribution is 2.19. The lowest BCUT2D eigenvalue weighted by atomic mass is 10.2. The van der Waals surface area contributed by atoms with Crippen LogP contribution in [0, 0.1) is 0 Å². The number of anilines is 1. The lowest BCUT2D eigenvalue weighted by Gasteiger charge is -2.36. The quantitative estimate of drug-likeness (QED) is 0.720. The Hall–Kier alpha value is -2.09. The molecule has 2 amide bonds. The third-order valence-corrected chi connectivity index (χ3v) is 5.62. The molecule has 1 aliphatic rings. The number of rotatable bonds is 6. The van der Waals surface area contributed by atoms with Gasteiger partial charge in [0.2, 0.25) is 0 Å². The van der Waals surface area contributed by atoms with Crippen LogP contribution < -0.4 is 15.5 Å². The van der Waals surface area contributed by atoms with E-state index in [-0.39, 0.29) is 0 Å². The lowest BCUT2D eigenvalue weighted by molar-refractivity contribution is -0.139. The van der Waals surface area contributed by atoms with Crippen LogP contribution in [-0.2, 0) is 16.1 Å². The predicted molar refractivity (Wildman–Crippen MR) is 109 cm³/mol. The standard InChI is InChI=1S/C19H23ClN4O2S/c20-15-3-5-16(6-4-15)24-11-9-23(10-12-24)8-7-21-18(25)19(26)22-14-17-2-1-13-27-17/h1-6,13H,7-12,14H2,(H,21,25)(H,22,26). The number of thiophene rings is 1. The molecule has 2 N–H and O–H groups in total. The second-order valence-electron chi connectivity index (χ2n) is 6.32. The first-order valence-corrected chi connectivity index (χ1v) is 10.2. The Balaban J connectivity index is 1.32. The highest BCUT2D eigenvalue weighted by atomic mass is 35.5. The molecule has 2 aromatic rings. The summed E-state index contributed by atoms with van der Waals surface area (Å²) in [5.41, 5.74) is 1.18. The van der Waals surface area contributed by atoms with Crippen molar-refractivity contribution in [3.05, 3.63) is 51.7 Å². The molecule has 144 valence electrons. The van der Waals surface area contributed by atoms with Crippen LogP contribution in [0.5, 0.6) is 0 Å². The minimum Gasteiger partial charge on any atom is -0.369 e. The van der Waals surface area contributed by atoms with Crippen molar-refractivity contribution in [3.63, 3.8) is 0 Å². The Morgan fingerprint density at radius 2 is 1.70 bits per heavy atom. The number of benzene rings is 1. The maximum Gasteiger partial charge on any atom is 0.309 e. The van der Waals surface area contributed by atoms with Crippen molar-refractivity contribution in [3.8, 4) is 0 Å². The molecule has 0 spiro atoms. The fourth-order valence-corrected chi connectivity index (χ4v) is 3.72. The zero-order chi connectivity index (χ0) is 19.1. The SMILES string of the molecule is O=C(NCCN1CCN(c2ccc(Cl)cc2)CC1)C(=O)NCc1cccs1. The van der Waals surface area contributed by atoms with E-state index in [1.165, 1.54) is 5.69 Å². The Morgan fingerprint density at radius 3 is 2.37 bits per heavy atom. The largest absolute Gasteiger partial charge is 0.369 e. The van der Waals surface area contributed by atoms with E-state index in [9.17, 15) is 9.59 Å². The molecule has 1 aromatic carbocycles. The molecule has 0 saturated carbocycles. The van der Waals surface area contributed by atoms with E-state index in [0.29, 0.717) is 13.1 Å². The fourth-order valence-electron chi connectivity index (χ4n) is 2.95. The summed E-state index contributed by atoms with van der Waals surface area (Å²) in [5, 5.41) is 8.00. The Morgan fingerprint density at radius 1 is 1.00 bits per heavy atom. The first kappa shape index (κ1) is 19.7. The van der Waals surface area contributed by atoms with E-state index in [1.54, 1.807) is 11.3 Å². The van der Waals surface area contributed by atoms with Crippen molar-refractivity contribution in [2.24, 2.45) is 0 Å². The topological polar surface area (TPSA) is 64.7 Å². The number of halogens is 1. The first-order valence-electron chi connectivity index (χ1n) is 8.93. The summed E-state index contributed by atoms with van der Waals surface area (Å²) in [5.74, 6) is -1.16. The number of hydrogen-bond acceptors (Lipinski definition) is 5. The molecule has 3 rings (SSSR count). The van der Waals surface area contributed by atoms with Gasteiger partial charge in [0, 0.05) is 54.9 Å². The lowest BCUT2D eigenvalue weighted by Crippen LogP contribution is -2.49. The van der Waals surface area contributed by atoms with Gasteiger partial charge >= 0.3 is 11.8 Å². The maximum atomic E-state index is 11.9. The van der Waals surface area contributed by atoms with Crippen LogP contribution in [0.15, 0.2) is 41.8 Å². The van der Waals surface area contributed by atoms with Gasteiger partial charge in [-0.3, -0.25) is 14.5 Å². The third-order valence-electron chi connectivity index (χ3n) is 4.49. The second-order valence-corrected chi connectivity index (χ2v) is 7.79. The molecular formula is C19H23ClN4O2S. The van der Waals surface area contributed by atoms with Crippen molar-refractivity contribution in [2.75, 3.05) is 44.2 Å². The van der Waals surface area contributed by atoms with Gasteiger partial charge in [-0.05, 0) is 35.7 Å². The maximum absolute atomic E-state index is 11.9. The molecule has 8 heteroatoms. The van der Waals surface area contributed by atoms with E-state index in [0.717, 1.165) is 42.6 Å². The number of hydrogen-bond donors (Lipinski definition) is 2. The molecule has 0 radical (unpaired) electrons. The molecule has 1 aromatic heterocycles. The van der Waals surface area contributed by atoms with Crippen LogP contribution >= 0.6 is 22.9 Å². The van der Waals surface area contributed by atoms with Crippen LogP contribution in [0.3, 0.4) is 0 Å². The van der Waals surface area contributed by atoms with Gasteiger partial charge in [-0.25, -0.2) is 0 Å². The van der Waals surface area contributed by atoms with E-state index >= 15 is 0 Å². The Kier molecular flexibility index (Phi) is 7.09. The minimum atomic E-state index is -0.587. The Bertz CT molecular complexity index is 744. The van der Waals surface area contributed by atoms with Gasteiger partial charge < -0.3 is 15.5 Å². The summed E-state index contributed by atoms with van der Waals surface area (Å²) < 4.78 is 0. The van der Waals surface area contributed by atoms with Crippen LogP contribution in [0.2, 0.25) is 5.02 Å². The molecule has 0 unspecified atom stereocenters. The molecule has 1 fully saturated rings. The van der Waals surface area contributed by atoms with Crippen molar-refractivity contribution >= 4 is 40.4 Å². The molecule has 1 saturated heterocycles. The fraction of sp³-hybridized carbons (Fsp3) is 0.368. The summed E-state index contributed by atoms with van der Waals surface area (Å²) in [7, 11) is 0. The van der Waals surface area contributed by atoms with Crippen LogP contribution in [-0.4, -0.2) is 56.0 Å². The average Bonchev–Trinajstić information content (AvgIpc) is 3.21. The highest BCUT2D eigenvalue weighted by molar-refractivity contribution is 7.09. The molecule has 27 heavy (non-hydrogen) atoms. The molecule has 1 aliphatic heterocycles. The van der Waals surface area contributed by atoms with E-state index in [1.807, 2.05) is 41.8 Å². The predicted octanol–water partition coefficient (Wildman–Crippen LogP) is 1.96. The van der Waals surface area contributed by atoms with E-state index < -0.39 is 11.8 Å². The van der Waals surface area contributed by atoms with Crippen LogP contribution in [0.25, 0.3) is 0 Å². The van der Waals surface area contributed by atoms with Crippen molar-refractivity contribution < 1.29 is 9.59 Å². The monoisotopic (exact) mass is 406 g/mol. The summed E-state index contributed by atoms with van der Waals surface area (Å²) in [6.45, 7) is 5.28. The molecule has 2 heterocycles. The zero-order valence-corrected chi connectivity index (χ0v) is 16.6. The smallest absolute Gasteiger partial charge is 0.309 e. The van der Waals surface area contributed by atoms with Crippen LogP contribution in [0.1, 0.15) is 4.88 Å². The van der Waals surface area contributed by atoms with Gasteiger partial charge in [-0.15, -0.1) is 11.3 Å². The number of nitrogens with zero attached hydrogens (tertiary/aromatic N) is 2. The normalized spacial score (nSPS) is 14.8. The second kappa shape index (κ2) is 9.73. The first-order chi connectivity index (χ1) is 13.1. The van der Waals surface area contributed by atoms with E-state index in [2.05, 4.69) is 20.4 Å². The van der Waals surface area contributed by atoms with E-state index in [4.69, 9.17) is 11.6 Å². The van der Waals surface area contributed by atoms with Crippen molar-refractivity contribution in [2.45, 2.75) is 6.54 Å². The summed E-state index contributed by atoms with van der Waals surface area (Å²) >= 11 is 7.48. The Labute approximate surface area is 168 Å². The van der Waals surface area contributed by atoms with Gasteiger partial charge in [0.05, 0.1) is 6.54 Å². The number of carbonyl (C=O) groups excluding carboxylic acids is 2. The minimum absolute atomic E-state index is 0.385. The summed E-state index contributed by atoms with van der Waals surface area (Å²) in [4.78, 5) is 29.3. The van der Waals surface area contributed by atoms with Crippen LogP contribution in [0.4, 0.5) is 5.69 Å². The third kappa shape index (κ3) is 5.95. The molecule has 0 aliphatic carbocycles. The van der Waals surface area contributed by atoms with Crippen molar-refractivity contribution in [1.82, 2.24) is 15.5 Å². The number of carbonyl (C=O) groups is 2. The summed E-state index contributed by atoms with van der Waals surface area (Å²) in [6, 6.07) is 11.7. The van der Waals surface area contributed by atoms with Crippen molar-refractivity contribution in [1.29, 1.82) is 0 Å². The molecular weight excluding hydrogens is 384 g/mol. The molecule has 0 atom stereocenters. The zero-order valence-electron chi connectivity index (χ0n) is 15.0. The van der Waals surface area contributed by atoms with Gasteiger partial charge in [0.15, 0.2) is 0 Å². The highest BCUT2D eigenvalue weighted by Gasteiger charge is 2.18. The van der Waals surface area contributed by atoms with Gasteiger partial charge in [0.1, 0.15) is 0 Å².